The lowest BCUT2D eigenvalue weighted by molar-refractivity contribution is -0.122. The predicted molar refractivity (Wildman–Crippen MR) is 102 cm³/mol. The van der Waals surface area contributed by atoms with Gasteiger partial charge in [0.25, 0.3) is 0 Å². The number of amides is 1. The quantitative estimate of drug-likeness (QED) is 0.693. The lowest BCUT2D eigenvalue weighted by Crippen LogP contribution is -2.46. The minimum Gasteiger partial charge on any atom is -0.497 e. The molecular weight excluding hydrogens is 384 g/mol. The van der Waals surface area contributed by atoms with Gasteiger partial charge < -0.3 is 19.5 Å². The fourth-order valence-corrected chi connectivity index (χ4v) is 3.97. The molecule has 28 heavy (non-hydrogen) atoms. The Labute approximate surface area is 163 Å². The van der Waals surface area contributed by atoms with Crippen LogP contribution in [0.15, 0.2) is 47.4 Å². The molecule has 0 saturated carbocycles. The van der Waals surface area contributed by atoms with Crippen LogP contribution in [0.3, 0.4) is 0 Å². The van der Waals surface area contributed by atoms with Crippen LogP contribution in [0.5, 0.6) is 17.2 Å². The van der Waals surface area contributed by atoms with Crippen LogP contribution in [0.1, 0.15) is 18.9 Å². The van der Waals surface area contributed by atoms with Gasteiger partial charge in [0, 0.05) is 6.54 Å². The van der Waals surface area contributed by atoms with E-state index in [1.54, 1.807) is 31.2 Å². The molecule has 1 atom stereocenters. The van der Waals surface area contributed by atoms with Crippen molar-refractivity contribution in [1.82, 2.24) is 10.0 Å². The summed E-state index contributed by atoms with van der Waals surface area (Å²) in [5.41, 5.74) is 0.825. The number of sulfonamides is 1. The molecule has 0 saturated heterocycles. The Balaban J connectivity index is 1.62. The van der Waals surface area contributed by atoms with E-state index < -0.39 is 22.0 Å². The summed E-state index contributed by atoms with van der Waals surface area (Å²) in [6.45, 7) is 2.16. The van der Waals surface area contributed by atoms with Gasteiger partial charge in [-0.25, -0.2) is 8.42 Å². The highest BCUT2D eigenvalue weighted by molar-refractivity contribution is 7.89. The minimum absolute atomic E-state index is 0.0651. The van der Waals surface area contributed by atoms with Gasteiger partial charge in [-0.1, -0.05) is 13.0 Å². The molecule has 0 radical (unpaired) electrons. The zero-order valence-corrected chi connectivity index (χ0v) is 16.4. The van der Waals surface area contributed by atoms with E-state index in [9.17, 15) is 13.2 Å². The third-order valence-electron chi connectivity index (χ3n) is 4.30. The normalized spacial score (nSPS) is 13.8. The molecule has 0 bridgehead atoms. The summed E-state index contributed by atoms with van der Waals surface area (Å²) in [7, 11) is -2.34. The molecule has 0 fully saturated rings. The monoisotopic (exact) mass is 406 g/mol. The fourth-order valence-electron chi connectivity index (χ4n) is 2.70. The summed E-state index contributed by atoms with van der Waals surface area (Å²) in [6.07, 6.45) is 0.308. The van der Waals surface area contributed by atoms with E-state index in [1.165, 1.54) is 19.2 Å². The average molecular weight is 406 g/mol. The fraction of sp³-hybridized carbons (Fsp3) is 0.316. The van der Waals surface area contributed by atoms with Crippen molar-refractivity contribution in [3.63, 3.8) is 0 Å². The SMILES string of the molecule is CCC(NS(=O)(=O)c1ccc(OC)cc1)C(=O)NCc1ccc2c(c1)OCO2. The molecule has 0 spiro atoms. The summed E-state index contributed by atoms with van der Waals surface area (Å²) < 4.78 is 43.1. The van der Waals surface area contributed by atoms with E-state index in [0.29, 0.717) is 23.7 Å². The number of rotatable bonds is 8. The van der Waals surface area contributed by atoms with Crippen molar-refractivity contribution in [2.75, 3.05) is 13.9 Å². The van der Waals surface area contributed by atoms with Gasteiger partial charge in [0.15, 0.2) is 11.5 Å². The summed E-state index contributed by atoms with van der Waals surface area (Å²) >= 11 is 0. The molecule has 1 unspecified atom stereocenters. The molecule has 1 amide bonds. The number of carbonyl (C=O) groups excluding carboxylic acids is 1. The van der Waals surface area contributed by atoms with Crippen LogP contribution in [0.25, 0.3) is 0 Å². The second kappa shape index (κ2) is 8.49. The topological polar surface area (TPSA) is 103 Å². The molecule has 1 heterocycles. The highest BCUT2D eigenvalue weighted by Gasteiger charge is 2.24. The van der Waals surface area contributed by atoms with Gasteiger partial charge >= 0.3 is 0 Å². The standard InChI is InChI=1S/C19H22N2O6S/c1-3-16(21-28(23,24)15-7-5-14(25-2)6-8-15)19(22)20-11-13-4-9-17-18(10-13)27-12-26-17/h4-10,16,21H,3,11-12H2,1-2H3,(H,20,22). The van der Waals surface area contributed by atoms with Crippen LogP contribution in [0, 0.1) is 0 Å². The van der Waals surface area contributed by atoms with Gasteiger partial charge in [-0.3, -0.25) is 4.79 Å². The number of fused-ring (bicyclic) bond motifs is 1. The third-order valence-corrected chi connectivity index (χ3v) is 5.78. The first-order valence-electron chi connectivity index (χ1n) is 8.75. The van der Waals surface area contributed by atoms with Gasteiger partial charge in [0.05, 0.1) is 12.0 Å². The first kappa shape index (κ1) is 20.0. The predicted octanol–water partition coefficient (Wildman–Crippen LogP) is 1.80. The highest BCUT2D eigenvalue weighted by atomic mass is 32.2. The number of hydrogen-bond donors (Lipinski definition) is 2. The lowest BCUT2D eigenvalue weighted by Gasteiger charge is -2.17. The maximum atomic E-state index is 12.5. The molecule has 1 aliphatic rings. The van der Waals surface area contributed by atoms with E-state index in [-0.39, 0.29) is 18.2 Å². The van der Waals surface area contributed by atoms with Crippen LogP contribution in [0.4, 0.5) is 0 Å². The van der Waals surface area contributed by atoms with Crippen molar-refractivity contribution in [1.29, 1.82) is 0 Å². The summed E-state index contributed by atoms with van der Waals surface area (Å²) in [5.74, 6) is 1.43. The van der Waals surface area contributed by atoms with Gasteiger partial charge in [-0.05, 0) is 48.4 Å². The summed E-state index contributed by atoms with van der Waals surface area (Å²) in [5, 5.41) is 2.75. The Hall–Kier alpha value is -2.78. The first-order valence-corrected chi connectivity index (χ1v) is 10.2. The van der Waals surface area contributed by atoms with Gasteiger partial charge in [0.1, 0.15) is 11.8 Å². The maximum Gasteiger partial charge on any atom is 0.241 e. The van der Waals surface area contributed by atoms with Crippen molar-refractivity contribution in [2.24, 2.45) is 0 Å². The van der Waals surface area contributed by atoms with E-state index >= 15 is 0 Å². The molecule has 150 valence electrons. The Morgan fingerprint density at radius 1 is 1.14 bits per heavy atom. The molecule has 8 nitrogen and oxygen atoms in total. The summed E-state index contributed by atoms with van der Waals surface area (Å²) in [6, 6.07) is 10.4. The van der Waals surface area contributed by atoms with Gasteiger partial charge in [-0.15, -0.1) is 0 Å². The largest absolute Gasteiger partial charge is 0.497 e. The minimum atomic E-state index is -3.84. The molecule has 0 aliphatic carbocycles. The number of carbonyl (C=O) groups is 1. The van der Waals surface area contributed by atoms with Crippen LogP contribution < -0.4 is 24.2 Å². The summed E-state index contributed by atoms with van der Waals surface area (Å²) in [4.78, 5) is 12.5. The number of nitrogens with one attached hydrogen (secondary N) is 2. The van der Waals surface area contributed by atoms with Crippen LogP contribution in [-0.2, 0) is 21.4 Å². The molecule has 2 aromatic carbocycles. The van der Waals surface area contributed by atoms with Crippen LogP contribution in [0.2, 0.25) is 0 Å². The van der Waals surface area contributed by atoms with Crippen LogP contribution >= 0.6 is 0 Å². The van der Waals surface area contributed by atoms with Crippen molar-refractivity contribution < 1.29 is 27.4 Å². The van der Waals surface area contributed by atoms with E-state index in [1.807, 2.05) is 6.07 Å². The molecule has 3 rings (SSSR count). The number of methoxy groups -OCH3 is 1. The number of benzene rings is 2. The molecule has 1 aliphatic heterocycles. The molecular formula is C19H22N2O6S. The molecule has 2 N–H and O–H groups in total. The third kappa shape index (κ3) is 4.55. The Kier molecular flexibility index (Phi) is 6.05. The molecule has 9 heteroatoms. The number of ether oxygens (including phenoxy) is 3. The Bertz CT molecular complexity index is 943. The second-order valence-electron chi connectivity index (χ2n) is 6.16. The van der Waals surface area contributed by atoms with Gasteiger partial charge in [-0.2, -0.15) is 4.72 Å². The Morgan fingerprint density at radius 3 is 2.54 bits per heavy atom. The second-order valence-corrected chi connectivity index (χ2v) is 7.88. The molecule has 2 aromatic rings. The molecule has 0 aromatic heterocycles. The van der Waals surface area contributed by atoms with Crippen molar-refractivity contribution in [3.05, 3.63) is 48.0 Å². The van der Waals surface area contributed by atoms with Crippen molar-refractivity contribution >= 4 is 15.9 Å². The smallest absolute Gasteiger partial charge is 0.241 e. The Morgan fingerprint density at radius 2 is 1.86 bits per heavy atom. The zero-order valence-electron chi connectivity index (χ0n) is 15.6. The lowest BCUT2D eigenvalue weighted by atomic mass is 10.2. The van der Waals surface area contributed by atoms with E-state index in [2.05, 4.69) is 10.0 Å². The van der Waals surface area contributed by atoms with E-state index in [4.69, 9.17) is 14.2 Å². The number of hydrogen-bond acceptors (Lipinski definition) is 6. The average Bonchev–Trinajstić information content (AvgIpc) is 3.18. The maximum absolute atomic E-state index is 12.5. The van der Waals surface area contributed by atoms with Crippen molar-refractivity contribution in [3.8, 4) is 17.2 Å². The van der Waals surface area contributed by atoms with E-state index in [0.717, 1.165) is 5.56 Å². The van der Waals surface area contributed by atoms with Crippen molar-refractivity contribution in [2.45, 2.75) is 30.8 Å². The highest BCUT2D eigenvalue weighted by Crippen LogP contribution is 2.32. The van der Waals surface area contributed by atoms with Crippen LogP contribution in [-0.4, -0.2) is 34.3 Å². The first-order chi connectivity index (χ1) is 13.4. The zero-order chi connectivity index (χ0) is 20.1. The van der Waals surface area contributed by atoms with Gasteiger partial charge in [0.2, 0.25) is 22.7 Å².